The van der Waals surface area contributed by atoms with Crippen molar-refractivity contribution in [1.29, 1.82) is 0 Å². The third kappa shape index (κ3) is 2.48. The predicted octanol–water partition coefficient (Wildman–Crippen LogP) is 2.66. The van der Waals surface area contributed by atoms with Gasteiger partial charge in [0.05, 0.1) is 0 Å². The Balaban J connectivity index is 2.28. The van der Waals surface area contributed by atoms with Gasteiger partial charge in [-0.05, 0) is 24.3 Å². The van der Waals surface area contributed by atoms with Crippen LogP contribution in [0.15, 0.2) is 54.6 Å². The largest absolute Gasteiger partial charge is 0.399 e. The van der Waals surface area contributed by atoms with E-state index in [0.717, 1.165) is 11.3 Å². The number of nitrogens with two attached hydrogens (primary N) is 1. The van der Waals surface area contributed by atoms with Crippen LogP contribution in [0.4, 0.5) is 11.4 Å². The van der Waals surface area contributed by atoms with Crippen LogP contribution in [0.1, 0.15) is 5.56 Å². The Kier molecular flexibility index (Phi) is 3.01. The SMILES string of the molecule is C[N+](=Cc1ccc(N)cc1)c1ccccc1. The van der Waals surface area contributed by atoms with Gasteiger partial charge in [-0.3, -0.25) is 0 Å². The number of rotatable bonds is 2. The first-order valence-electron chi connectivity index (χ1n) is 5.24. The lowest BCUT2D eigenvalue weighted by Crippen LogP contribution is -2.00. The maximum atomic E-state index is 5.64. The minimum absolute atomic E-state index is 0.791. The first kappa shape index (κ1) is 10.4. The van der Waals surface area contributed by atoms with Crippen molar-refractivity contribution in [2.75, 3.05) is 12.8 Å². The van der Waals surface area contributed by atoms with E-state index in [2.05, 4.69) is 22.9 Å². The molecule has 2 N–H and O–H groups in total. The van der Waals surface area contributed by atoms with E-state index in [-0.39, 0.29) is 0 Å². The zero-order valence-electron chi connectivity index (χ0n) is 9.30. The molecule has 0 aliphatic carbocycles. The average molecular weight is 211 g/mol. The van der Waals surface area contributed by atoms with Crippen LogP contribution in [-0.4, -0.2) is 17.8 Å². The van der Waals surface area contributed by atoms with Crippen LogP contribution in [0.5, 0.6) is 0 Å². The molecule has 0 heterocycles. The Morgan fingerprint density at radius 1 is 0.938 bits per heavy atom. The minimum Gasteiger partial charge on any atom is -0.399 e. The molecule has 2 rings (SSSR count). The molecular weight excluding hydrogens is 196 g/mol. The number of hydrogen-bond donors (Lipinski definition) is 1. The summed E-state index contributed by atoms with van der Waals surface area (Å²) in [5.41, 5.74) is 8.74. The van der Waals surface area contributed by atoms with Crippen molar-refractivity contribution in [2.24, 2.45) is 0 Å². The Morgan fingerprint density at radius 2 is 1.56 bits per heavy atom. The van der Waals surface area contributed by atoms with Gasteiger partial charge in [0, 0.05) is 23.4 Å². The topological polar surface area (TPSA) is 29.0 Å². The van der Waals surface area contributed by atoms with E-state index < -0.39 is 0 Å². The van der Waals surface area contributed by atoms with Gasteiger partial charge in [0.2, 0.25) is 5.69 Å². The van der Waals surface area contributed by atoms with E-state index in [4.69, 9.17) is 5.73 Å². The van der Waals surface area contributed by atoms with E-state index >= 15 is 0 Å². The monoisotopic (exact) mass is 211 g/mol. The molecule has 0 saturated heterocycles. The van der Waals surface area contributed by atoms with Crippen molar-refractivity contribution < 1.29 is 4.58 Å². The third-order valence-electron chi connectivity index (χ3n) is 2.44. The fraction of sp³-hybridized carbons (Fsp3) is 0.0714. The van der Waals surface area contributed by atoms with Gasteiger partial charge >= 0.3 is 0 Å². The highest BCUT2D eigenvalue weighted by atomic mass is 15.0. The molecule has 0 fully saturated rings. The molecule has 0 unspecified atom stereocenters. The average Bonchev–Trinajstić information content (AvgIpc) is 2.33. The molecule has 2 aromatic rings. The summed E-state index contributed by atoms with van der Waals surface area (Å²) in [6.45, 7) is 0. The summed E-state index contributed by atoms with van der Waals surface area (Å²) in [6.07, 6.45) is 2.08. The Labute approximate surface area is 95.7 Å². The molecule has 2 nitrogen and oxygen atoms in total. The Hall–Kier alpha value is -2.09. The molecule has 16 heavy (non-hydrogen) atoms. The number of hydrogen-bond acceptors (Lipinski definition) is 1. The van der Waals surface area contributed by atoms with Gasteiger partial charge in [0.15, 0.2) is 6.21 Å². The van der Waals surface area contributed by atoms with Crippen molar-refractivity contribution in [1.82, 2.24) is 0 Å². The minimum atomic E-state index is 0.791. The molecule has 0 amide bonds. The molecule has 2 heteroatoms. The zero-order valence-corrected chi connectivity index (χ0v) is 9.30. The van der Waals surface area contributed by atoms with Crippen LogP contribution >= 0.6 is 0 Å². The maximum Gasteiger partial charge on any atom is 0.204 e. The highest BCUT2D eigenvalue weighted by molar-refractivity contribution is 5.77. The predicted molar refractivity (Wildman–Crippen MR) is 68.3 cm³/mol. The number of nitrogens with zero attached hydrogens (tertiary/aromatic N) is 1. The van der Waals surface area contributed by atoms with Gasteiger partial charge < -0.3 is 5.73 Å². The smallest absolute Gasteiger partial charge is 0.204 e. The molecule has 0 radical (unpaired) electrons. The molecule has 0 aliphatic heterocycles. The van der Waals surface area contributed by atoms with Gasteiger partial charge in [-0.1, -0.05) is 18.2 Å². The van der Waals surface area contributed by atoms with E-state index in [1.807, 2.05) is 49.5 Å². The molecule has 0 saturated carbocycles. The van der Waals surface area contributed by atoms with Crippen LogP contribution in [0.2, 0.25) is 0 Å². The normalized spacial score (nSPS) is 11.4. The van der Waals surface area contributed by atoms with E-state index in [1.165, 1.54) is 5.69 Å². The van der Waals surface area contributed by atoms with Crippen LogP contribution in [0, 0.1) is 0 Å². The van der Waals surface area contributed by atoms with Crippen LogP contribution in [0.25, 0.3) is 0 Å². The first-order valence-corrected chi connectivity index (χ1v) is 5.24. The molecule has 2 aromatic carbocycles. The van der Waals surface area contributed by atoms with Gasteiger partial charge in [-0.15, -0.1) is 0 Å². The summed E-state index contributed by atoms with van der Waals surface area (Å²) in [4.78, 5) is 0. The Bertz CT molecular complexity index is 484. The van der Waals surface area contributed by atoms with E-state index in [1.54, 1.807) is 0 Å². The van der Waals surface area contributed by atoms with E-state index in [0.29, 0.717) is 0 Å². The van der Waals surface area contributed by atoms with Gasteiger partial charge in [0.25, 0.3) is 0 Å². The second-order valence-electron chi connectivity index (χ2n) is 3.74. The summed E-state index contributed by atoms with van der Waals surface area (Å²) < 4.78 is 2.09. The highest BCUT2D eigenvalue weighted by Gasteiger charge is 2.01. The van der Waals surface area contributed by atoms with Crippen molar-refractivity contribution in [3.63, 3.8) is 0 Å². The van der Waals surface area contributed by atoms with Crippen LogP contribution in [0.3, 0.4) is 0 Å². The second-order valence-corrected chi connectivity index (χ2v) is 3.74. The zero-order chi connectivity index (χ0) is 11.4. The molecule has 0 aromatic heterocycles. The van der Waals surface area contributed by atoms with Gasteiger partial charge in [0.1, 0.15) is 7.05 Å². The lowest BCUT2D eigenvalue weighted by atomic mass is 10.2. The fourth-order valence-corrected chi connectivity index (χ4v) is 1.54. The third-order valence-corrected chi connectivity index (χ3v) is 2.44. The standard InChI is InChI=1S/C14H14N2/c1-16(14-5-3-2-4-6-14)11-12-7-9-13(15)10-8-12/h2-11,15H,1H3/p+1. The maximum absolute atomic E-state index is 5.64. The number of para-hydroxylation sites is 1. The Morgan fingerprint density at radius 3 is 2.19 bits per heavy atom. The van der Waals surface area contributed by atoms with Crippen molar-refractivity contribution in [3.05, 3.63) is 60.2 Å². The first-order chi connectivity index (χ1) is 7.75. The van der Waals surface area contributed by atoms with Gasteiger partial charge in [-0.25, -0.2) is 4.58 Å². The van der Waals surface area contributed by atoms with Crippen molar-refractivity contribution in [3.8, 4) is 0 Å². The summed E-state index contributed by atoms with van der Waals surface area (Å²) in [5.74, 6) is 0. The van der Waals surface area contributed by atoms with Crippen LogP contribution in [-0.2, 0) is 0 Å². The number of benzene rings is 2. The number of nitrogen functional groups attached to an aromatic ring is 1. The molecule has 0 bridgehead atoms. The van der Waals surface area contributed by atoms with Crippen LogP contribution < -0.4 is 5.73 Å². The molecule has 80 valence electrons. The number of anilines is 1. The van der Waals surface area contributed by atoms with Gasteiger partial charge in [-0.2, -0.15) is 0 Å². The van der Waals surface area contributed by atoms with Crippen molar-refractivity contribution in [2.45, 2.75) is 0 Å². The summed E-state index contributed by atoms with van der Waals surface area (Å²) in [5, 5.41) is 0. The highest BCUT2D eigenvalue weighted by Crippen LogP contribution is 2.09. The quantitative estimate of drug-likeness (QED) is 0.462. The lowest BCUT2D eigenvalue weighted by Gasteiger charge is -1.96. The van der Waals surface area contributed by atoms with E-state index in [9.17, 15) is 0 Å². The summed E-state index contributed by atoms with van der Waals surface area (Å²) in [6, 6.07) is 18.1. The molecule has 0 spiro atoms. The lowest BCUT2D eigenvalue weighted by molar-refractivity contribution is -0.399. The molecular formula is C14H15N2+. The summed E-state index contributed by atoms with van der Waals surface area (Å²) >= 11 is 0. The summed E-state index contributed by atoms with van der Waals surface area (Å²) in [7, 11) is 2.03. The molecule has 0 aliphatic rings. The van der Waals surface area contributed by atoms with Crippen molar-refractivity contribution >= 4 is 17.6 Å². The fourth-order valence-electron chi connectivity index (χ4n) is 1.54. The molecule has 0 atom stereocenters. The second kappa shape index (κ2) is 4.62.